The molecule has 1 saturated heterocycles. The smallest absolute Gasteiger partial charge is 0.306 e. The van der Waals surface area contributed by atoms with Crippen molar-refractivity contribution >= 4 is 16.2 Å². The van der Waals surface area contributed by atoms with E-state index in [1.165, 1.54) is 4.31 Å². The molecule has 0 aliphatic carbocycles. The van der Waals surface area contributed by atoms with Crippen LogP contribution in [0.15, 0.2) is 0 Å². The molecule has 1 rings (SSSR count). The zero-order chi connectivity index (χ0) is 13.8. The van der Waals surface area contributed by atoms with Gasteiger partial charge in [0.15, 0.2) is 0 Å². The zero-order valence-electron chi connectivity index (χ0n) is 10.2. The van der Waals surface area contributed by atoms with Crippen molar-refractivity contribution in [3.05, 3.63) is 0 Å². The number of hydrogen-bond acceptors (Lipinski definition) is 4. The van der Waals surface area contributed by atoms with E-state index >= 15 is 0 Å². The second-order valence-electron chi connectivity index (χ2n) is 4.40. The Hall–Kier alpha value is -1.17. The van der Waals surface area contributed by atoms with Gasteiger partial charge in [-0.25, -0.2) is 0 Å². The van der Waals surface area contributed by atoms with E-state index in [9.17, 15) is 13.2 Å². The highest BCUT2D eigenvalue weighted by molar-refractivity contribution is 7.87. The summed E-state index contributed by atoms with van der Waals surface area (Å²) in [6.07, 6.45) is 0.747. The quantitative estimate of drug-likeness (QED) is 0.729. The lowest BCUT2D eigenvalue weighted by molar-refractivity contribution is -0.142. The lowest BCUT2D eigenvalue weighted by Crippen LogP contribution is -2.48. The van der Waals surface area contributed by atoms with E-state index in [0.29, 0.717) is 12.8 Å². The molecule has 0 amide bonds. The van der Waals surface area contributed by atoms with Crippen LogP contribution in [0.1, 0.15) is 26.2 Å². The third-order valence-electron chi connectivity index (χ3n) is 2.89. The van der Waals surface area contributed by atoms with Gasteiger partial charge in [-0.15, -0.1) is 0 Å². The van der Waals surface area contributed by atoms with Crippen LogP contribution in [0.5, 0.6) is 0 Å². The van der Waals surface area contributed by atoms with Gasteiger partial charge in [0.2, 0.25) is 0 Å². The predicted octanol–water partition coefficient (Wildman–Crippen LogP) is -0.0804. The molecule has 1 fully saturated rings. The van der Waals surface area contributed by atoms with Gasteiger partial charge in [-0.2, -0.15) is 22.7 Å². The summed E-state index contributed by atoms with van der Waals surface area (Å²) in [5.74, 6) is -1.34. The van der Waals surface area contributed by atoms with Gasteiger partial charge in [0.1, 0.15) is 0 Å². The van der Waals surface area contributed by atoms with Crippen LogP contribution in [0.3, 0.4) is 0 Å². The molecule has 0 radical (unpaired) electrons. The van der Waals surface area contributed by atoms with Crippen molar-refractivity contribution in [1.82, 2.24) is 9.03 Å². The summed E-state index contributed by atoms with van der Waals surface area (Å²) in [6.45, 7) is 2.02. The molecule has 0 aromatic rings. The number of carbonyl (C=O) groups is 1. The Morgan fingerprint density at radius 1 is 1.56 bits per heavy atom. The zero-order valence-corrected chi connectivity index (χ0v) is 11.0. The molecule has 0 bridgehead atoms. The van der Waals surface area contributed by atoms with Crippen LogP contribution >= 0.6 is 0 Å². The predicted molar refractivity (Wildman–Crippen MR) is 63.7 cm³/mol. The lowest BCUT2D eigenvalue weighted by atomic mass is 9.99. The maximum Gasteiger partial charge on any atom is 0.306 e. The summed E-state index contributed by atoms with van der Waals surface area (Å²) in [7, 11) is -3.61. The van der Waals surface area contributed by atoms with Crippen molar-refractivity contribution in [1.29, 1.82) is 5.26 Å². The average molecular weight is 275 g/mol. The molecular weight excluding hydrogens is 258 g/mol. The van der Waals surface area contributed by atoms with Gasteiger partial charge in [0.25, 0.3) is 10.2 Å². The highest BCUT2D eigenvalue weighted by Gasteiger charge is 2.31. The van der Waals surface area contributed by atoms with E-state index < -0.39 is 28.1 Å². The molecule has 18 heavy (non-hydrogen) atoms. The third-order valence-corrected chi connectivity index (χ3v) is 4.64. The Labute approximate surface area is 107 Å². The molecule has 1 aliphatic rings. The first-order valence-electron chi connectivity index (χ1n) is 5.74. The third kappa shape index (κ3) is 3.94. The SMILES string of the molecule is CC(CC#N)NS(=O)(=O)N1CCC(C(=O)O)CC1. The topological polar surface area (TPSA) is 111 Å². The summed E-state index contributed by atoms with van der Waals surface area (Å²) in [4.78, 5) is 10.8. The Balaban J connectivity index is 2.56. The van der Waals surface area contributed by atoms with Crippen molar-refractivity contribution in [2.75, 3.05) is 13.1 Å². The molecule has 0 aromatic heterocycles. The van der Waals surface area contributed by atoms with E-state index in [1.54, 1.807) is 6.92 Å². The van der Waals surface area contributed by atoms with Crippen molar-refractivity contribution in [2.24, 2.45) is 5.92 Å². The van der Waals surface area contributed by atoms with Crippen LogP contribution in [-0.4, -0.2) is 42.9 Å². The largest absolute Gasteiger partial charge is 0.481 e. The molecule has 2 N–H and O–H groups in total. The molecule has 0 aromatic carbocycles. The number of piperidine rings is 1. The maximum atomic E-state index is 11.9. The second-order valence-corrected chi connectivity index (χ2v) is 6.10. The Morgan fingerprint density at radius 3 is 2.56 bits per heavy atom. The van der Waals surface area contributed by atoms with Gasteiger partial charge in [0.05, 0.1) is 18.4 Å². The standard InChI is InChI=1S/C10H17N3O4S/c1-8(2-5-11)12-18(16,17)13-6-3-9(4-7-13)10(14)15/h8-9,12H,2-4,6-7H2,1H3,(H,14,15). The van der Waals surface area contributed by atoms with Crippen molar-refractivity contribution in [3.8, 4) is 6.07 Å². The second kappa shape index (κ2) is 6.13. The minimum atomic E-state index is -3.61. The van der Waals surface area contributed by atoms with E-state index in [0.717, 1.165) is 0 Å². The fraction of sp³-hybridized carbons (Fsp3) is 0.800. The maximum absolute atomic E-state index is 11.9. The van der Waals surface area contributed by atoms with Crippen molar-refractivity contribution in [2.45, 2.75) is 32.2 Å². The summed E-state index contributed by atoms with van der Waals surface area (Å²) in [6, 6.07) is 1.44. The van der Waals surface area contributed by atoms with Gasteiger partial charge in [-0.3, -0.25) is 4.79 Å². The van der Waals surface area contributed by atoms with E-state index in [1.807, 2.05) is 6.07 Å². The summed E-state index contributed by atoms with van der Waals surface area (Å²) >= 11 is 0. The van der Waals surface area contributed by atoms with Gasteiger partial charge in [0, 0.05) is 19.1 Å². The van der Waals surface area contributed by atoms with Crippen LogP contribution in [0, 0.1) is 17.2 Å². The first-order chi connectivity index (χ1) is 8.36. The van der Waals surface area contributed by atoms with Crippen LogP contribution in [0.2, 0.25) is 0 Å². The van der Waals surface area contributed by atoms with Crippen LogP contribution in [0.25, 0.3) is 0 Å². The van der Waals surface area contributed by atoms with Gasteiger partial charge in [-0.05, 0) is 19.8 Å². The van der Waals surface area contributed by atoms with Gasteiger partial charge < -0.3 is 5.11 Å². The molecule has 1 heterocycles. The molecule has 1 unspecified atom stereocenters. The minimum absolute atomic E-state index is 0.102. The van der Waals surface area contributed by atoms with E-state index in [2.05, 4.69) is 4.72 Å². The first kappa shape index (κ1) is 14.9. The van der Waals surface area contributed by atoms with E-state index in [4.69, 9.17) is 10.4 Å². The molecule has 7 nitrogen and oxygen atoms in total. The monoisotopic (exact) mass is 275 g/mol. The number of carboxylic acid groups (broad SMARTS) is 1. The Kier molecular flexibility index (Phi) is 5.07. The Morgan fingerprint density at radius 2 is 2.11 bits per heavy atom. The molecule has 1 atom stereocenters. The van der Waals surface area contributed by atoms with Gasteiger partial charge in [-0.1, -0.05) is 0 Å². The van der Waals surface area contributed by atoms with Crippen molar-refractivity contribution < 1.29 is 18.3 Å². The summed E-state index contributed by atoms with van der Waals surface area (Å²) < 4.78 is 27.4. The minimum Gasteiger partial charge on any atom is -0.481 e. The van der Waals surface area contributed by atoms with Gasteiger partial charge >= 0.3 is 5.97 Å². The number of nitrogens with one attached hydrogen (secondary N) is 1. The number of nitriles is 1. The summed E-state index contributed by atoms with van der Waals surface area (Å²) in [5, 5.41) is 17.3. The number of rotatable bonds is 5. The Bertz CT molecular complexity index is 435. The summed E-state index contributed by atoms with van der Waals surface area (Å²) in [5.41, 5.74) is 0. The lowest BCUT2D eigenvalue weighted by Gasteiger charge is -2.30. The highest BCUT2D eigenvalue weighted by atomic mass is 32.2. The fourth-order valence-electron chi connectivity index (χ4n) is 1.85. The average Bonchev–Trinajstić information content (AvgIpc) is 2.28. The normalized spacial score (nSPS) is 20.2. The molecule has 0 saturated carbocycles. The molecule has 8 heteroatoms. The van der Waals surface area contributed by atoms with Crippen molar-refractivity contribution in [3.63, 3.8) is 0 Å². The molecule has 102 valence electrons. The first-order valence-corrected chi connectivity index (χ1v) is 7.18. The fourth-order valence-corrected chi connectivity index (χ4v) is 3.28. The number of aliphatic carboxylic acids is 1. The number of nitrogens with zero attached hydrogens (tertiary/aromatic N) is 2. The van der Waals surface area contributed by atoms with Crippen LogP contribution < -0.4 is 4.72 Å². The van der Waals surface area contributed by atoms with Crippen LogP contribution in [-0.2, 0) is 15.0 Å². The number of hydrogen-bond donors (Lipinski definition) is 2. The number of carboxylic acids is 1. The molecule has 0 spiro atoms. The molecule has 1 aliphatic heterocycles. The molecular formula is C10H17N3O4S. The highest BCUT2D eigenvalue weighted by Crippen LogP contribution is 2.19. The van der Waals surface area contributed by atoms with Crippen LogP contribution in [0.4, 0.5) is 0 Å². The van der Waals surface area contributed by atoms with E-state index in [-0.39, 0.29) is 19.5 Å².